The summed E-state index contributed by atoms with van der Waals surface area (Å²) in [6, 6.07) is 12.8. The van der Waals surface area contributed by atoms with E-state index in [9.17, 15) is 4.79 Å². The van der Waals surface area contributed by atoms with Crippen molar-refractivity contribution in [3.63, 3.8) is 0 Å². The van der Waals surface area contributed by atoms with Gasteiger partial charge in [-0.25, -0.2) is 9.67 Å². The van der Waals surface area contributed by atoms with Crippen molar-refractivity contribution >= 4 is 16.9 Å². The van der Waals surface area contributed by atoms with Crippen LogP contribution in [0.4, 0.5) is 0 Å². The third-order valence-electron chi connectivity index (χ3n) is 5.72. The third kappa shape index (κ3) is 4.03. The fourth-order valence-electron chi connectivity index (χ4n) is 4.14. The zero-order valence-electron chi connectivity index (χ0n) is 17.4. The second kappa shape index (κ2) is 8.33. The zero-order chi connectivity index (χ0) is 20.4. The lowest BCUT2D eigenvalue weighted by atomic mass is 10.1. The van der Waals surface area contributed by atoms with Gasteiger partial charge in [0, 0.05) is 18.0 Å². The van der Waals surface area contributed by atoms with E-state index in [2.05, 4.69) is 58.4 Å². The van der Waals surface area contributed by atoms with Crippen LogP contribution in [0, 0.1) is 6.92 Å². The number of aromatic nitrogens is 3. The second-order valence-corrected chi connectivity index (χ2v) is 8.10. The number of carbonyl (C=O) groups is 1. The quantitative estimate of drug-likeness (QED) is 0.692. The van der Waals surface area contributed by atoms with E-state index in [-0.39, 0.29) is 18.0 Å². The number of hydrogen-bond acceptors (Lipinski definition) is 4. The summed E-state index contributed by atoms with van der Waals surface area (Å²) in [4.78, 5) is 20.1. The minimum Gasteiger partial charge on any atom is -0.350 e. The van der Waals surface area contributed by atoms with E-state index in [0.29, 0.717) is 12.1 Å². The van der Waals surface area contributed by atoms with Crippen LogP contribution in [0.5, 0.6) is 0 Å². The van der Waals surface area contributed by atoms with Crippen LogP contribution in [0.1, 0.15) is 60.4 Å². The summed E-state index contributed by atoms with van der Waals surface area (Å²) in [6.07, 6.45) is 4.23. The van der Waals surface area contributed by atoms with E-state index in [1.165, 1.54) is 18.4 Å². The number of pyridine rings is 1. The van der Waals surface area contributed by atoms with Crippen molar-refractivity contribution in [2.75, 3.05) is 19.6 Å². The van der Waals surface area contributed by atoms with Gasteiger partial charge in [-0.1, -0.05) is 30.3 Å². The molecule has 6 nitrogen and oxygen atoms in total. The van der Waals surface area contributed by atoms with Crippen LogP contribution in [0.3, 0.4) is 0 Å². The molecular weight excluding hydrogens is 362 g/mol. The molecule has 29 heavy (non-hydrogen) atoms. The zero-order valence-corrected chi connectivity index (χ0v) is 17.4. The van der Waals surface area contributed by atoms with E-state index in [4.69, 9.17) is 0 Å². The van der Waals surface area contributed by atoms with Gasteiger partial charge in [-0.15, -0.1) is 0 Å². The first-order valence-corrected chi connectivity index (χ1v) is 10.5. The molecule has 0 bridgehead atoms. The molecule has 1 atom stereocenters. The lowest BCUT2D eigenvalue weighted by molar-refractivity contribution is 0.0937. The Morgan fingerprint density at radius 3 is 2.59 bits per heavy atom. The number of fused-ring (bicyclic) bond motifs is 1. The average Bonchev–Trinajstić information content (AvgIpc) is 3.38. The van der Waals surface area contributed by atoms with Crippen LogP contribution in [-0.2, 0) is 0 Å². The Hall–Kier alpha value is -2.73. The maximum absolute atomic E-state index is 13.0. The molecule has 1 aliphatic heterocycles. The van der Waals surface area contributed by atoms with E-state index in [0.717, 1.165) is 29.8 Å². The number of carbonyl (C=O) groups excluding carboxylic acids is 1. The highest BCUT2D eigenvalue weighted by Gasteiger charge is 2.24. The van der Waals surface area contributed by atoms with E-state index < -0.39 is 0 Å². The summed E-state index contributed by atoms with van der Waals surface area (Å²) < 4.78 is 1.89. The van der Waals surface area contributed by atoms with Gasteiger partial charge in [0.25, 0.3) is 5.91 Å². The van der Waals surface area contributed by atoms with Crippen molar-refractivity contribution in [2.24, 2.45) is 0 Å². The number of rotatable bonds is 6. The maximum Gasteiger partial charge on any atom is 0.253 e. The number of likely N-dealkylation sites (tertiary alicyclic amines) is 1. The van der Waals surface area contributed by atoms with Crippen LogP contribution in [0.2, 0.25) is 0 Å². The molecular formula is C23H29N5O. The van der Waals surface area contributed by atoms with Crippen molar-refractivity contribution in [1.29, 1.82) is 0 Å². The molecule has 3 aromatic rings. The fourth-order valence-corrected chi connectivity index (χ4v) is 4.14. The number of nitrogens with zero attached hydrogens (tertiary/aromatic N) is 4. The molecule has 2 aromatic heterocycles. The van der Waals surface area contributed by atoms with E-state index in [1.807, 2.05) is 23.7 Å². The predicted octanol–water partition coefficient (Wildman–Crippen LogP) is 3.89. The summed E-state index contributed by atoms with van der Waals surface area (Å²) in [5.74, 6) is -0.0747. The lowest BCUT2D eigenvalue weighted by Gasteiger charge is -2.28. The minimum absolute atomic E-state index is 0.0747. The van der Waals surface area contributed by atoms with Crippen LogP contribution in [0.15, 0.2) is 42.6 Å². The first-order valence-electron chi connectivity index (χ1n) is 10.5. The molecule has 3 heterocycles. The highest BCUT2D eigenvalue weighted by molar-refractivity contribution is 5.98. The smallest absolute Gasteiger partial charge is 0.253 e. The van der Waals surface area contributed by atoms with Crippen LogP contribution in [-0.4, -0.2) is 45.2 Å². The van der Waals surface area contributed by atoms with Gasteiger partial charge in [0.1, 0.15) is 0 Å². The monoisotopic (exact) mass is 391 g/mol. The Kier molecular flexibility index (Phi) is 5.62. The van der Waals surface area contributed by atoms with Crippen molar-refractivity contribution < 1.29 is 4.79 Å². The van der Waals surface area contributed by atoms with Crippen molar-refractivity contribution in [1.82, 2.24) is 25.0 Å². The van der Waals surface area contributed by atoms with E-state index >= 15 is 0 Å². The summed E-state index contributed by atoms with van der Waals surface area (Å²) in [7, 11) is 0. The first kappa shape index (κ1) is 19.6. The van der Waals surface area contributed by atoms with Crippen molar-refractivity contribution in [3.05, 3.63) is 59.4 Å². The Morgan fingerprint density at radius 2 is 1.90 bits per heavy atom. The largest absolute Gasteiger partial charge is 0.350 e. The lowest BCUT2D eigenvalue weighted by Crippen LogP contribution is -2.37. The summed E-state index contributed by atoms with van der Waals surface area (Å²) >= 11 is 0. The van der Waals surface area contributed by atoms with E-state index in [1.54, 1.807) is 6.20 Å². The standard InChI is InChI=1S/C23H29N5O/c1-16(2)28-22-19(14-25-28)13-20(17(3)26-22)23(29)24-15-21(27-11-7-8-12-27)18-9-5-4-6-10-18/h4-6,9-10,13-14,16,21H,7-8,11-12,15H2,1-3H3,(H,24,29). The van der Waals surface area contributed by atoms with Gasteiger partial charge in [0.05, 0.1) is 23.5 Å². The maximum atomic E-state index is 13.0. The van der Waals surface area contributed by atoms with Crippen LogP contribution >= 0.6 is 0 Å². The molecule has 1 N–H and O–H groups in total. The predicted molar refractivity (Wildman–Crippen MR) is 115 cm³/mol. The highest BCUT2D eigenvalue weighted by Crippen LogP contribution is 2.25. The molecule has 1 aromatic carbocycles. The van der Waals surface area contributed by atoms with Crippen molar-refractivity contribution in [3.8, 4) is 0 Å². The Morgan fingerprint density at radius 1 is 1.17 bits per heavy atom. The van der Waals surface area contributed by atoms with Gasteiger partial charge in [0.15, 0.2) is 5.65 Å². The van der Waals surface area contributed by atoms with Gasteiger partial charge in [-0.05, 0) is 58.3 Å². The van der Waals surface area contributed by atoms with Crippen LogP contribution < -0.4 is 5.32 Å². The normalized spacial score (nSPS) is 15.9. The van der Waals surface area contributed by atoms with Crippen molar-refractivity contribution in [2.45, 2.75) is 45.7 Å². The van der Waals surface area contributed by atoms with Gasteiger partial charge in [-0.2, -0.15) is 5.10 Å². The number of hydrogen-bond donors (Lipinski definition) is 1. The Bertz CT molecular complexity index is 989. The number of amides is 1. The number of nitrogens with one attached hydrogen (secondary N) is 1. The van der Waals surface area contributed by atoms with Gasteiger partial charge in [0.2, 0.25) is 0 Å². The number of benzene rings is 1. The molecule has 6 heteroatoms. The molecule has 1 saturated heterocycles. The van der Waals surface area contributed by atoms with Crippen LogP contribution in [0.25, 0.3) is 11.0 Å². The molecule has 0 radical (unpaired) electrons. The highest BCUT2D eigenvalue weighted by atomic mass is 16.1. The molecule has 0 spiro atoms. The molecule has 1 fully saturated rings. The summed E-state index contributed by atoms with van der Waals surface area (Å²) in [5, 5.41) is 8.48. The molecule has 1 aliphatic rings. The molecule has 0 aliphatic carbocycles. The molecule has 1 unspecified atom stereocenters. The molecule has 0 saturated carbocycles. The second-order valence-electron chi connectivity index (χ2n) is 8.10. The number of aryl methyl sites for hydroxylation is 1. The fraction of sp³-hybridized carbons (Fsp3) is 0.435. The SMILES string of the molecule is Cc1nc2c(cnn2C(C)C)cc1C(=O)NCC(c1ccccc1)N1CCCC1. The van der Waals surface area contributed by atoms with Gasteiger partial charge < -0.3 is 5.32 Å². The Balaban J connectivity index is 1.54. The average molecular weight is 392 g/mol. The third-order valence-corrected chi connectivity index (χ3v) is 5.72. The van der Waals surface area contributed by atoms with Gasteiger partial charge in [-0.3, -0.25) is 9.69 Å². The summed E-state index contributed by atoms with van der Waals surface area (Å²) in [6.45, 7) is 8.79. The minimum atomic E-state index is -0.0747. The molecule has 1 amide bonds. The topological polar surface area (TPSA) is 63.1 Å². The Labute approximate surface area is 171 Å². The first-order chi connectivity index (χ1) is 14.0. The van der Waals surface area contributed by atoms with Gasteiger partial charge >= 0.3 is 0 Å². The summed E-state index contributed by atoms with van der Waals surface area (Å²) in [5.41, 5.74) is 3.43. The molecule has 4 rings (SSSR count). The molecule has 152 valence electrons.